The Morgan fingerprint density at radius 2 is 1.06 bits per heavy atom. The molecule has 0 saturated carbocycles. The van der Waals surface area contributed by atoms with Crippen molar-refractivity contribution >= 4 is 11.7 Å². The predicted molar refractivity (Wildman–Crippen MR) is 132 cm³/mol. The first-order chi connectivity index (χ1) is 15.8. The Morgan fingerprint density at radius 1 is 0.656 bits per heavy atom. The smallest absolute Gasteiger partial charge is 0.0995 e. The van der Waals surface area contributed by atoms with E-state index >= 15 is 0 Å². The maximum Gasteiger partial charge on any atom is 0.0995 e. The molecule has 1 aromatic rings. The van der Waals surface area contributed by atoms with Crippen molar-refractivity contribution in [2.75, 3.05) is 52.4 Å². The van der Waals surface area contributed by atoms with Gasteiger partial charge in [0.1, 0.15) is 0 Å². The van der Waals surface area contributed by atoms with Gasteiger partial charge in [0.25, 0.3) is 0 Å². The molecule has 1 aromatic carbocycles. The highest BCUT2D eigenvalue weighted by Gasteiger charge is 2.25. The number of likely N-dealkylation sites (tertiary alicyclic amines) is 2. The second-order valence-electron chi connectivity index (χ2n) is 10.0. The summed E-state index contributed by atoms with van der Waals surface area (Å²) in [6, 6.07) is 9.40. The third kappa shape index (κ3) is 5.70. The molecule has 0 radical (unpaired) electrons. The van der Waals surface area contributed by atoms with Crippen molar-refractivity contribution < 1.29 is 0 Å². The summed E-state index contributed by atoms with van der Waals surface area (Å²) in [5.74, 6) is 3.87. The van der Waals surface area contributed by atoms with E-state index in [9.17, 15) is 0 Å². The van der Waals surface area contributed by atoms with Crippen LogP contribution in [0.3, 0.4) is 0 Å². The second kappa shape index (κ2) is 10.8. The fourth-order valence-electron chi connectivity index (χ4n) is 5.64. The van der Waals surface area contributed by atoms with Gasteiger partial charge in [0.15, 0.2) is 0 Å². The minimum atomic E-state index is 0.652. The van der Waals surface area contributed by atoms with Crippen molar-refractivity contribution in [1.82, 2.24) is 20.4 Å². The molecule has 0 aromatic heterocycles. The van der Waals surface area contributed by atoms with Crippen molar-refractivity contribution in [1.29, 1.82) is 0 Å². The lowest BCUT2D eigenvalue weighted by Crippen LogP contribution is -2.42. The topological polar surface area (TPSA) is 55.3 Å². The number of hydrogen-bond acceptors (Lipinski definition) is 6. The lowest BCUT2D eigenvalue weighted by Gasteiger charge is -2.34. The van der Waals surface area contributed by atoms with Crippen LogP contribution in [0, 0.1) is 11.8 Å². The van der Waals surface area contributed by atoms with Crippen LogP contribution in [0.25, 0.3) is 0 Å². The summed E-state index contributed by atoms with van der Waals surface area (Å²) >= 11 is 0. The van der Waals surface area contributed by atoms with Crippen molar-refractivity contribution in [3.8, 4) is 0 Å². The maximum absolute atomic E-state index is 4.72. The van der Waals surface area contributed by atoms with Crippen LogP contribution in [0.15, 0.2) is 34.3 Å². The first-order valence-corrected chi connectivity index (χ1v) is 12.9. The number of rotatable bonds is 6. The number of amidine groups is 2. The Hall–Kier alpha value is -1.92. The van der Waals surface area contributed by atoms with Crippen LogP contribution in [0.5, 0.6) is 0 Å². The third-order valence-corrected chi connectivity index (χ3v) is 7.63. The lowest BCUT2D eigenvalue weighted by molar-refractivity contribution is 0.198. The van der Waals surface area contributed by atoms with Crippen LogP contribution in [0.1, 0.15) is 49.7 Å². The van der Waals surface area contributed by atoms with Gasteiger partial charge in [0, 0.05) is 51.1 Å². The number of piperidine rings is 2. The predicted octanol–water partition coefficient (Wildman–Crippen LogP) is 2.89. The molecular weight excluding hydrogens is 396 g/mol. The molecule has 4 aliphatic heterocycles. The van der Waals surface area contributed by atoms with E-state index in [0.29, 0.717) is 11.8 Å². The summed E-state index contributed by atoms with van der Waals surface area (Å²) < 4.78 is 0. The maximum atomic E-state index is 4.72. The van der Waals surface area contributed by atoms with Crippen molar-refractivity contribution in [2.24, 2.45) is 21.8 Å². The number of aliphatic imine (C=N–C) groups is 2. The Bertz CT molecular complexity index is 718. The van der Waals surface area contributed by atoms with Gasteiger partial charge in [-0.25, -0.2) is 0 Å². The van der Waals surface area contributed by atoms with Crippen LogP contribution in [0.4, 0.5) is 0 Å². The zero-order chi connectivity index (χ0) is 21.6. The van der Waals surface area contributed by atoms with Gasteiger partial charge in [0.2, 0.25) is 0 Å². The average molecular weight is 437 g/mol. The molecule has 2 fully saturated rings. The Balaban J connectivity index is 1.05. The highest BCUT2D eigenvalue weighted by Crippen LogP contribution is 2.23. The van der Waals surface area contributed by atoms with Crippen LogP contribution in [-0.4, -0.2) is 73.8 Å². The SMILES string of the molecule is c1cc(CN2CCC(C3=NCCCN3)CC2)ccc1CN1CCC(C2=NCCCN2)CC1. The minimum Gasteiger partial charge on any atom is -0.374 e. The molecule has 0 atom stereocenters. The zero-order valence-corrected chi connectivity index (χ0v) is 19.6. The number of benzene rings is 1. The number of hydrogen-bond donors (Lipinski definition) is 2. The molecule has 5 rings (SSSR count). The van der Waals surface area contributed by atoms with E-state index in [1.54, 1.807) is 0 Å². The highest BCUT2D eigenvalue weighted by molar-refractivity contribution is 5.85. The summed E-state index contributed by atoms with van der Waals surface area (Å²) in [7, 11) is 0. The monoisotopic (exact) mass is 436 g/mol. The summed E-state index contributed by atoms with van der Waals surface area (Å²) in [5.41, 5.74) is 2.89. The Kier molecular flexibility index (Phi) is 7.39. The molecule has 4 aliphatic rings. The molecule has 2 N–H and O–H groups in total. The highest BCUT2D eigenvalue weighted by atomic mass is 15.1. The first-order valence-electron chi connectivity index (χ1n) is 12.9. The van der Waals surface area contributed by atoms with E-state index < -0.39 is 0 Å². The fraction of sp³-hybridized carbons (Fsp3) is 0.692. The summed E-state index contributed by atoms with van der Waals surface area (Å²) in [6.07, 6.45) is 7.32. The third-order valence-electron chi connectivity index (χ3n) is 7.63. The number of nitrogens with zero attached hydrogens (tertiary/aromatic N) is 4. The normalized spacial score (nSPS) is 24.4. The molecule has 32 heavy (non-hydrogen) atoms. The molecule has 2 saturated heterocycles. The van der Waals surface area contributed by atoms with Crippen molar-refractivity contribution in [2.45, 2.75) is 51.6 Å². The van der Waals surface area contributed by atoms with Gasteiger partial charge in [-0.1, -0.05) is 24.3 Å². The lowest BCUT2D eigenvalue weighted by atomic mass is 9.94. The molecule has 0 bridgehead atoms. The van der Waals surface area contributed by atoms with Crippen LogP contribution in [0.2, 0.25) is 0 Å². The van der Waals surface area contributed by atoms with Crippen LogP contribution < -0.4 is 10.6 Å². The summed E-state index contributed by atoms with van der Waals surface area (Å²) in [6.45, 7) is 11.1. The Morgan fingerprint density at radius 3 is 1.41 bits per heavy atom. The molecule has 0 unspecified atom stereocenters. The van der Waals surface area contributed by atoms with Crippen LogP contribution in [-0.2, 0) is 13.1 Å². The molecule has 6 nitrogen and oxygen atoms in total. The number of nitrogens with one attached hydrogen (secondary N) is 2. The molecule has 174 valence electrons. The van der Waals surface area contributed by atoms with Gasteiger partial charge in [0.05, 0.1) is 11.7 Å². The van der Waals surface area contributed by atoms with Gasteiger partial charge in [-0.3, -0.25) is 19.8 Å². The quantitative estimate of drug-likeness (QED) is 0.720. The van der Waals surface area contributed by atoms with Gasteiger partial charge >= 0.3 is 0 Å². The van der Waals surface area contributed by atoms with E-state index in [4.69, 9.17) is 9.98 Å². The Labute approximate surface area is 193 Å². The van der Waals surface area contributed by atoms with Gasteiger partial charge in [-0.05, 0) is 75.8 Å². The largest absolute Gasteiger partial charge is 0.374 e. The minimum absolute atomic E-state index is 0.652. The standard InChI is InChI=1S/C26H40N6/c1-11-27-25(28-12-1)23-7-15-31(16-8-23)19-21-3-5-22(6-4-21)20-32-17-9-24(10-18-32)26-29-13-2-14-30-26/h3-6,23-24H,1-2,7-20H2,(H,27,28)(H,29,30). The van der Waals surface area contributed by atoms with E-state index in [1.807, 2.05) is 0 Å². The van der Waals surface area contributed by atoms with Crippen LogP contribution >= 0.6 is 0 Å². The summed E-state index contributed by atoms with van der Waals surface area (Å²) in [4.78, 5) is 14.7. The molecular formula is C26H40N6. The molecule has 4 heterocycles. The molecule has 6 heteroatoms. The van der Waals surface area contributed by atoms with Gasteiger partial charge in [-0.2, -0.15) is 0 Å². The van der Waals surface area contributed by atoms with Gasteiger partial charge < -0.3 is 10.6 Å². The zero-order valence-electron chi connectivity index (χ0n) is 19.6. The molecule has 0 amide bonds. The van der Waals surface area contributed by atoms with E-state index in [2.05, 4.69) is 44.7 Å². The second-order valence-corrected chi connectivity index (χ2v) is 10.0. The van der Waals surface area contributed by atoms with E-state index in [0.717, 1.165) is 39.3 Å². The van der Waals surface area contributed by atoms with Crippen molar-refractivity contribution in [3.63, 3.8) is 0 Å². The molecule has 0 aliphatic carbocycles. The average Bonchev–Trinajstić information content (AvgIpc) is 2.87. The van der Waals surface area contributed by atoms with E-state index in [-0.39, 0.29) is 0 Å². The van der Waals surface area contributed by atoms with E-state index in [1.165, 1.54) is 87.5 Å². The van der Waals surface area contributed by atoms with Gasteiger partial charge in [-0.15, -0.1) is 0 Å². The van der Waals surface area contributed by atoms with Crippen molar-refractivity contribution in [3.05, 3.63) is 35.4 Å². The summed E-state index contributed by atoms with van der Waals surface area (Å²) in [5, 5.41) is 7.06. The molecule has 0 spiro atoms. The fourth-order valence-corrected chi connectivity index (χ4v) is 5.64. The first kappa shape index (κ1) is 21.9.